The minimum absolute atomic E-state index is 0.0492. The van der Waals surface area contributed by atoms with Gasteiger partial charge >= 0.3 is 11.9 Å². The summed E-state index contributed by atoms with van der Waals surface area (Å²) in [5, 5.41) is 1.78. The standard InChI is InChI=1S/C50H64O6/c1-32(2)8-7-9-33(3)43-20-21-44-42-19-15-38-28-41(22-24-49(38,5)45(42)23-25-50(43,44)6)56-47(52)37-11-10-36-27-40(18-14-35(36)26-37)55-46(51)34-12-16-39(17-13-34)54-31-48(4)29-53-30-48/h10-18,26-27,32-33,41-45H,7-9,19-25,28-31H2,1-6H3. The Morgan fingerprint density at radius 2 is 1.52 bits per heavy atom. The summed E-state index contributed by atoms with van der Waals surface area (Å²) in [4.78, 5) is 26.5. The summed E-state index contributed by atoms with van der Waals surface area (Å²) in [5.74, 6) is 5.37. The van der Waals surface area contributed by atoms with Crippen LogP contribution in [0.2, 0.25) is 0 Å². The SMILES string of the molecule is CC(C)CCCC(C)C1CCC2C3CC=C4CC(OC(=O)c5ccc6cc(OC(=O)c7ccc(OCC8(C)COC8)cc7)ccc6c5)CCC4(C)C3CCC12C. The highest BCUT2D eigenvalue weighted by molar-refractivity contribution is 5.96. The van der Waals surface area contributed by atoms with E-state index in [1.54, 1.807) is 35.9 Å². The van der Waals surface area contributed by atoms with E-state index < -0.39 is 5.97 Å². The van der Waals surface area contributed by atoms with Crippen LogP contribution in [0.1, 0.15) is 133 Å². The van der Waals surface area contributed by atoms with Gasteiger partial charge in [0.2, 0.25) is 0 Å². The summed E-state index contributed by atoms with van der Waals surface area (Å²) in [6, 6.07) is 18.1. The van der Waals surface area contributed by atoms with Crippen LogP contribution in [0.4, 0.5) is 0 Å². The van der Waals surface area contributed by atoms with Gasteiger partial charge in [-0.25, -0.2) is 9.59 Å². The smallest absolute Gasteiger partial charge is 0.343 e. The molecule has 300 valence electrons. The van der Waals surface area contributed by atoms with E-state index in [0.29, 0.717) is 47.9 Å². The number of carbonyl (C=O) groups is 2. The molecule has 8 unspecified atom stereocenters. The van der Waals surface area contributed by atoms with Gasteiger partial charge in [0.05, 0.1) is 30.9 Å². The molecule has 1 heterocycles. The van der Waals surface area contributed by atoms with E-state index in [0.717, 1.165) is 65.5 Å². The molecule has 0 amide bonds. The highest BCUT2D eigenvalue weighted by atomic mass is 16.5. The van der Waals surface area contributed by atoms with E-state index >= 15 is 0 Å². The number of rotatable bonds is 12. The monoisotopic (exact) mass is 760 g/mol. The molecule has 0 radical (unpaired) electrons. The molecule has 0 spiro atoms. The number of benzene rings is 3. The van der Waals surface area contributed by atoms with Crippen LogP contribution in [0.25, 0.3) is 10.8 Å². The number of esters is 2. The van der Waals surface area contributed by atoms with E-state index in [-0.39, 0.29) is 22.9 Å². The van der Waals surface area contributed by atoms with E-state index in [1.165, 1.54) is 51.4 Å². The Hall–Kier alpha value is -3.64. The second kappa shape index (κ2) is 15.6. The lowest BCUT2D eigenvalue weighted by Gasteiger charge is -2.58. The molecule has 1 aliphatic heterocycles. The topological polar surface area (TPSA) is 71.1 Å². The Balaban J connectivity index is 0.857. The van der Waals surface area contributed by atoms with E-state index in [1.807, 2.05) is 30.3 Å². The Kier molecular flexibility index (Phi) is 10.9. The summed E-state index contributed by atoms with van der Waals surface area (Å²) in [5.41, 5.74) is 3.30. The molecule has 4 fully saturated rings. The molecule has 8 rings (SSSR count). The van der Waals surface area contributed by atoms with Gasteiger partial charge in [0.25, 0.3) is 0 Å². The average Bonchev–Trinajstić information content (AvgIpc) is 3.53. The van der Waals surface area contributed by atoms with Crippen LogP contribution in [0.15, 0.2) is 72.3 Å². The van der Waals surface area contributed by atoms with Crippen molar-refractivity contribution in [1.29, 1.82) is 0 Å². The third-order valence-electron chi connectivity index (χ3n) is 15.4. The van der Waals surface area contributed by atoms with Crippen molar-refractivity contribution in [2.75, 3.05) is 19.8 Å². The normalized spacial score (nSPS) is 31.0. The fourth-order valence-corrected chi connectivity index (χ4v) is 12.0. The maximum absolute atomic E-state index is 13.5. The maximum atomic E-state index is 13.5. The van der Waals surface area contributed by atoms with Crippen LogP contribution in [-0.2, 0) is 9.47 Å². The molecular formula is C50H64O6. The molecule has 6 nitrogen and oxygen atoms in total. The number of hydrogen-bond acceptors (Lipinski definition) is 6. The molecule has 0 N–H and O–H groups in total. The van der Waals surface area contributed by atoms with Crippen LogP contribution in [0.5, 0.6) is 11.5 Å². The Labute approximate surface area is 335 Å². The molecule has 3 aromatic rings. The van der Waals surface area contributed by atoms with Gasteiger partial charge in [-0.1, -0.05) is 84.6 Å². The van der Waals surface area contributed by atoms with Gasteiger partial charge in [0.15, 0.2) is 0 Å². The summed E-state index contributed by atoms with van der Waals surface area (Å²) in [6.45, 7) is 16.6. The maximum Gasteiger partial charge on any atom is 0.343 e. The lowest BCUT2D eigenvalue weighted by atomic mass is 9.47. The van der Waals surface area contributed by atoms with Crippen molar-refractivity contribution in [3.63, 3.8) is 0 Å². The Bertz CT molecular complexity index is 1940. The van der Waals surface area contributed by atoms with Crippen molar-refractivity contribution >= 4 is 22.7 Å². The molecule has 3 aromatic carbocycles. The van der Waals surface area contributed by atoms with Crippen molar-refractivity contribution in [3.8, 4) is 11.5 Å². The second-order valence-corrected chi connectivity index (χ2v) is 19.8. The molecule has 56 heavy (non-hydrogen) atoms. The highest BCUT2D eigenvalue weighted by Crippen LogP contribution is 2.67. The van der Waals surface area contributed by atoms with Gasteiger partial charge < -0.3 is 18.9 Å². The molecule has 3 saturated carbocycles. The number of allylic oxidation sites excluding steroid dienone is 1. The molecule has 4 aliphatic carbocycles. The van der Waals surface area contributed by atoms with Gasteiger partial charge in [-0.3, -0.25) is 0 Å². The fourth-order valence-electron chi connectivity index (χ4n) is 12.0. The third kappa shape index (κ3) is 7.68. The zero-order valence-corrected chi connectivity index (χ0v) is 34.7. The first-order valence-electron chi connectivity index (χ1n) is 21.8. The van der Waals surface area contributed by atoms with Crippen molar-refractivity contribution in [2.24, 2.45) is 51.8 Å². The molecule has 1 saturated heterocycles. The summed E-state index contributed by atoms with van der Waals surface area (Å²) < 4.78 is 23.1. The van der Waals surface area contributed by atoms with E-state index in [2.05, 4.69) is 47.6 Å². The van der Waals surface area contributed by atoms with Crippen LogP contribution in [0, 0.1) is 51.8 Å². The first kappa shape index (κ1) is 39.2. The highest BCUT2D eigenvalue weighted by Gasteiger charge is 2.59. The van der Waals surface area contributed by atoms with Crippen molar-refractivity contribution in [3.05, 3.63) is 83.4 Å². The summed E-state index contributed by atoms with van der Waals surface area (Å²) >= 11 is 0. The Morgan fingerprint density at radius 3 is 2.27 bits per heavy atom. The summed E-state index contributed by atoms with van der Waals surface area (Å²) in [6.07, 6.45) is 16.3. The van der Waals surface area contributed by atoms with Gasteiger partial charge in [0.1, 0.15) is 17.6 Å². The van der Waals surface area contributed by atoms with Gasteiger partial charge in [-0.05, 0) is 151 Å². The van der Waals surface area contributed by atoms with Crippen molar-refractivity contribution in [2.45, 2.75) is 118 Å². The second-order valence-electron chi connectivity index (χ2n) is 19.8. The number of fused-ring (bicyclic) bond motifs is 6. The fraction of sp³-hybridized carbons (Fsp3) is 0.600. The zero-order valence-electron chi connectivity index (χ0n) is 34.7. The molecular weight excluding hydrogens is 697 g/mol. The first-order valence-corrected chi connectivity index (χ1v) is 21.8. The zero-order chi connectivity index (χ0) is 39.2. The lowest BCUT2D eigenvalue weighted by Crippen LogP contribution is -2.51. The lowest BCUT2D eigenvalue weighted by molar-refractivity contribution is -0.120. The predicted molar refractivity (Wildman–Crippen MR) is 222 cm³/mol. The number of carbonyl (C=O) groups excluding carboxylic acids is 2. The molecule has 0 aromatic heterocycles. The molecule has 8 atom stereocenters. The molecule has 5 aliphatic rings. The van der Waals surface area contributed by atoms with Crippen molar-refractivity contribution < 1.29 is 28.5 Å². The van der Waals surface area contributed by atoms with Gasteiger partial charge in [0, 0.05) is 11.8 Å². The predicted octanol–water partition coefficient (Wildman–Crippen LogP) is 12.0. The summed E-state index contributed by atoms with van der Waals surface area (Å²) in [7, 11) is 0. The third-order valence-corrected chi connectivity index (χ3v) is 15.4. The average molecular weight is 761 g/mol. The van der Waals surface area contributed by atoms with Crippen LogP contribution in [0.3, 0.4) is 0 Å². The van der Waals surface area contributed by atoms with Crippen LogP contribution >= 0.6 is 0 Å². The largest absolute Gasteiger partial charge is 0.493 e. The minimum Gasteiger partial charge on any atom is -0.493 e. The number of ether oxygens (including phenoxy) is 4. The van der Waals surface area contributed by atoms with Crippen LogP contribution in [-0.4, -0.2) is 37.9 Å². The number of hydrogen-bond donors (Lipinski definition) is 0. The Morgan fingerprint density at radius 1 is 0.786 bits per heavy atom. The van der Waals surface area contributed by atoms with E-state index in [9.17, 15) is 9.59 Å². The van der Waals surface area contributed by atoms with E-state index in [4.69, 9.17) is 18.9 Å². The first-order chi connectivity index (χ1) is 26.8. The van der Waals surface area contributed by atoms with Gasteiger partial charge in [-0.2, -0.15) is 0 Å². The molecule has 0 bridgehead atoms. The van der Waals surface area contributed by atoms with Crippen molar-refractivity contribution in [1.82, 2.24) is 0 Å². The quantitative estimate of drug-likeness (QED) is 0.104. The van der Waals surface area contributed by atoms with Gasteiger partial charge in [-0.15, -0.1) is 0 Å². The minimum atomic E-state index is -0.436. The molecule has 6 heteroatoms. The van der Waals surface area contributed by atoms with Crippen LogP contribution < -0.4 is 9.47 Å².